The highest BCUT2D eigenvalue weighted by molar-refractivity contribution is 6.27. The number of rotatable bonds is 6. The van der Waals surface area contributed by atoms with Crippen molar-refractivity contribution >= 4 is 34.8 Å². The Balaban J connectivity index is 0.00000210. The maximum absolute atomic E-state index is 13.2. The molecule has 142 valence electrons. The zero-order valence-corrected chi connectivity index (χ0v) is 16.8. The molecule has 0 saturated heterocycles. The van der Waals surface area contributed by atoms with Gasteiger partial charge in [-0.25, -0.2) is 0 Å². The first-order valence-corrected chi connectivity index (χ1v) is 9.25. The van der Waals surface area contributed by atoms with E-state index in [0.29, 0.717) is 0 Å². The molecule has 0 bridgehead atoms. The summed E-state index contributed by atoms with van der Waals surface area (Å²) in [5.41, 5.74) is 5.21. The molecule has 0 amide bonds. The van der Waals surface area contributed by atoms with Crippen LogP contribution in [0.1, 0.15) is 29.8 Å². The van der Waals surface area contributed by atoms with Gasteiger partial charge in [0, 0.05) is 42.3 Å². The Hall–Kier alpha value is -2.37. The van der Waals surface area contributed by atoms with Crippen LogP contribution >= 0.6 is 12.4 Å². The minimum Gasteiger partial charge on any atom is -0.383 e. The van der Waals surface area contributed by atoms with Gasteiger partial charge in [-0.15, -0.1) is 12.4 Å². The van der Waals surface area contributed by atoms with E-state index in [1.54, 1.807) is 0 Å². The quantitative estimate of drug-likeness (QED) is 0.546. The number of likely N-dealkylation sites (N-methyl/N-ethyl adjacent to an activating group) is 1. The molecule has 1 aromatic heterocycles. The summed E-state index contributed by atoms with van der Waals surface area (Å²) >= 11 is 0. The van der Waals surface area contributed by atoms with E-state index in [1.165, 1.54) is 0 Å². The van der Waals surface area contributed by atoms with Crippen LogP contribution in [0.25, 0.3) is 22.2 Å². The largest absolute Gasteiger partial charge is 0.383 e. The van der Waals surface area contributed by atoms with Crippen LogP contribution in [0, 0.1) is 0 Å². The molecule has 5 nitrogen and oxygen atoms in total. The summed E-state index contributed by atoms with van der Waals surface area (Å²) in [6, 6.07) is 11.8. The van der Waals surface area contributed by atoms with Crippen LogP contribution in [0.15, 0.2) is 36.4 Å². The number of fused-ring (bicyclic) bond motifs is 2. The minimum absolute atomic E-state index is 0. The maximum Gasteiger partial charge on any atom is 0.196 e. The van der Waals surface area contributed by atoms with Crippen LogP contribution in [0.5, 0.6) is 0 Å². The van der Waals surface area contributed by atoms with Crippen LogP contribution in [0.2, 0.25) is 0 Å². The highest BCUT2D eigenvalue weighted by Crippen LogP contribution is 2.41. The number of halogens is 1. The molecule has 1 aliphatic rings. The number of ketones is 1. The van der Waals surface area contributed by atoms with E-state index in [9.17, 15) is 4.79 Å². The van der Waals surface area contributed by atoms with Gasteiger partial charge in [0.2, 0.25) is 0 Å². The molecule has 0 atom stereocenters. The predicted molar refractivity (Wildman–Crippen MR) is 113 cm³/mol. The number of hydrogen-bond acceptors (Lipinski definition) is 4. The number of aryl methyl sites for hydroxylation is 1. The molecule has 1 aliphatic carbocycles. The average Bonchev–Trinajstić information content (AvgIpc) is 3.01. The smallest absolute Gasteiger partial charge is 0.196 e. The van der Waals surface area contributed by atoms with E-state index in [2.05, 4.69) is 24.1 Å². The number of aromatic nitrogens is 2. The monoisotopic (exact) mass is 384 g/mol. The van der Waals surface area contributed by atoms with Gasteiger partial charge in [-0.1, -0.05) is 38.1 Å². The van der Waals surface area contributed by atoms with Crippen molar-refractivity contribution in [1.29, 1.82) is 0 Å². The highest BCUT2D eigenvalue weighted by atomic mass is 35.5. The molecule has 6 heteroatoms. The topological polar surface area (TPSA) is 50.2 Å². The van der Waals surface area contributed by atoms with Gasteiger partial charge in [0.1, 0.15) is 5.69 Å². The van der Waals surface area contributed by atoms with E-state index >= 15 is 0 Å². The Morgan fingerprint density at radius 2 is 1.78 bits per heavy atom. The van der Waals surface area contributed by atoms with Gasteiger partial charge in [-0.3, -0.25) is 9.48 Å². The lowest BCUT2D eigenvalue weighted by Gasteiger charge is -2.21. The van der Waals surface area contributed by atoms with Gasteiger partial charge < -0.3 is 10.2 Å². The molecule has 0 radical (unpaired) electrons. The van der Waals surface area contributed by atoms with E-state index in [0.717, 1.165) is 65.2 Å². The van der Waals surface area contributed by atoms with Crippen molar-refractivity contribution < 1.29 is 4.79 Å². The second kappa shape index (κ2) is 7.71. The van der Waals surface area contributed by atoms with Crippen molar-refractivity contribution in [3.05, 3.63) is 47.5 Å². The van der Waals surface area contributed by atoms with E-state index < -0.39 is 0 Å². The second-order valence-corrected chi connectivity index (χ2v) is 6.68. The van der Waals surface area contributed by atoms with Crippen LogP contribution in [-0.4, -0.2) is 46.6 Å². The van der Waals surface area contributed by atoms with Crippen molar-refractivity contribution in [2.45, 2.75) is 13.8 Å². The maximum atomic E-state index is 13.2. The Bertz CT molecular complexity index is 991. The molecule has 0 unspecified atom stereocenters. The molecular weight excluding hydrogens is 360 g/mol. The predicted octanol–water partition coefficient (Wildman–Crippen LogP) is 3.96. The normalized spacial score (nSPS) is 12.2. The molecule has 0 spiro atoms. The van der Waals surface area contributed by atoms with Crippen LogP contribution in [0.3, 0.4) is 0 Å². The first kappa shape index (κ1) is 19.4. The molecule has 3 aromatic rings. The summed E-state index contributed by atoms with van der Waals surface area (Å²) < 4.78 is 1.86. The van der Waals surface area contributed by atoms with Crippen LogP contribution in [0.4, 0.5) is 5.69 Å². The third-order valence-electron chi connectivity index (χ3n) is 5.31. The molecule has 2 aromatic carbocycles. The number of nitrogens with zero attached hydrogens (tertiary/aromatic N) is 3. The zero-order chi connectivity index (χ0) is 18.3. The van der Waals surface area contributed by atoms with Crippen molar-refractivity contribution in [2.24, 2.45) is 7.05 Å². The van der Waals surface area contributed by atoms with Gasteiger partial charge >= 0.3 is 0 Å². The lowest BCUT2D eigenvalue weighted by molar-refractivity contribution is 0.104. The summed E-state index contributed by atoms with van der Waals surface area (Å²) in [5.74, 6) is 0.0806. The zero-order valence-electron chi connectivity index (χ0n) is 16.0. The van der Waals surface area contributed by atoms with Gasteiger partial charge in [0.25, 0.3) is 0 Å². The number of nitrogens with one attached hydrogen (secondary N) is 1. The number of benzene rings is 2. The van der Waals surface area contributed by atoms with Crippen molar-refractivity contribution in [3.63, 3.8) is 0 Å². The first-order valence-electron chi connectivity index (χ1n) is 9.25. The summed E-state index contributed by atoms with van der Waals surface area (Å²) in [7, 11) is 1.93. The Labute approximate surface area is 165 Å². The molecule has 1 N–H and O–H groups in total. The average molecular weight is 385 g/mol. The van der Waals surface area contributed by atoms with Gasteiger partial charge in [0.05, 0.1) is 11.1 Å². The van der Waals surface area contributed by atoms with E-state index in [-0.39, 0.29) is 18.2 Å². The van der Waals surface area contributed by atoms with Crippen molar-refractivity contribution in [3.8, 4) is 11.3 Å². The van der Waals surface area contributed by atoms with Crippen LogP contribution in [-0.2, 0) is 7.05 Å². The van der Waals surface area contributed by atoms with Gasteiger partial charge in [0.15, 0.2) is 5.78 Å². The molecule has 27 heavy (non-hydrogen) atoms. The summed E-state index contributed by atoms with van der Waals surface area (Å²) in [5, 5.41) is 9.14. The molecule has 0 aliphatic heterocycles. The lowest BCUT2D eigenvalue weighted by Crippen LogP contribution is -2.29. The van der Waals surface area contributed by atoms with Crippen LogP contribution < -0.4 is 5.32 Å². The standard InChI is InChI=1S/C21H24N4O.ClH/c1-4-25(5-2)13-12-22-16-10-6-8-14-18(16)21(26)15-9-7-11-17-19(15)20(14)23-24(17)3;/h6-11,22H,4-5,12-13H2,1-3H3;1H. The first-order chi connectivity index (χ1) is 12.7. The number of carbonyl (C=O) groups is 1. The van der Waals surface area contributed by atoms with Gasteiger partial charge in [-0.05, 0) is 25.2 Å². The third-order valence-corrected chi connectivity index (χ3v) is 5.31. The number of carbonyl (C=O) groups excluding carboxylic acids is 1. The molecule has 4 rings (SSSR count). The summed E-state index contributed by atoms with van der Waals surface area (Å²) in [6.45, 7) is 8.16. The Morgan fingerprint density at radius 1 is 1.07 bits per heavy atom. The summed E-state index contributed by atoms with van der Waals surface area (Å²) in [6.07, 6.45) is 0. The highest BCUT2D eigenvalue weighted by Gasteiger charge is 2.30. The van der Waals surface area contributed by atoms with Gasteiger partial charge in [-0.2, -0.15) is 5.10 Å². The van der Waals surface area contributed by atoms with E-state index in [4.69, 9.17) is 5.10 Å². The SMILES string of the molecule is CCN(CC)CCNc1cccc2c1C(=O)c1cccc3c1c-2nn3C.Cl. The van der Waals surface area contributed by atoms with Crippen molar-refractivity contribution in [1.82, 2.24) is 14.7 Å². The fourth-order valence-electron chi connectivity index (χ4n) is 3.86. The minimum atomic E-state index is 0. The molecule has 1 heterocycles. The fraction of sp³-hybridized carbons (Fsp3) is 0.333. The van der Waals surface area contributed by atoms with E-state index in [1.807, 2.05) is 48.1 Å². The summed E-state index contributed by atoms with van der Waals surface area (Å²) in [4.78, 5) is 15.6. The Kier molecular flexibility index (Phi) is 5.53. The van der Waals surface area contributed by atoms with Crippen molar-refractivity contribution in [2.75, 3.05) is 31.5 Å². The molecule has 0 fully saturated rings. The Morgan fingerprint density at radius 3 is 2.52 bits per heavy atom. The third kappa shape index (κ3) is 3.11. The second-order valence-electron chi connectivity index (χ2n) is 6.68. The lowest BCUT2D eigenvalue weighted by atomic mass is 9.86. The fourth-order valence-corrected chi connectivity index (χ4v) is 3.86. The number of hydrogen-bond donors (Lipinski definition) is 1. The number of anilines is 1. The molecule has 0 saturated carbocycles. The molecular formula is C21H25ClN4O.